The van der Waals surface area contributed by atoms with Gasteiger partial charge in [-0.2, -0.15) is 0 Å². The first-order chi connectivity index (χ1) is 19.6. The van der Waals surface area contributed by atoms with Gasteiger partial charge in [0.15, 0.2) is 11.7 Å². The average molecular weight is 546 g/mol. The van der Waals surface area contributed by atoms with Gasteiger partial charge in [-0.3, -0.25) is 10.1 Å². The number of carbonyl (C=O) groups is 2. The Balaban J connectivity index is 1.21. The molecule has 8 heteroatoms. The van der Waals surface area contributed by atoms with Crippen LogP contribution in [0.3, 0.4) is 0 Å². The van der Waals surface area contributed by atoms with E-state index in [0.717, 1.165) is 33.3 Å². The van der Waals surface area contributed by atoms with Crippen LogP contribution < -0.4 is 10.1 Å². The van der Waals surface area contributed by atoms with E-state index in [1.54, 1.807) is 13.2 Å². The van der Waals surface area contributed by atoms with Crippen molar-refractivity contribution in [3.63, 3.8) is 0 Å². The molecule has 0 fully saturated rings. The summed E-state index contributed by atoms with van der Waals surface area (Å²) in [6.07, 6.45) is 0. The number of anilines is 1. The number of amides is 1. The van der Waals surface area contributed by atoms with Gasteiger partial charge in [0.2, 0.25) is 0 Å². The second-order valence-corrected chi connectivity index (χ2v) is 9.89. The summed E-state index contributed by atoms with van der Waals surface area (Å²) in [5.74, 6) is -0.292. The largest absolute Gasteiger partial charge is 0.497 e. The summed E-state index contributed by atoms with van der Waals surface area (Å²) in [5.41, 5.74) is 4.20. The van der Waals surface area contributed by atoms with Crippen LogP contribution in [-0.4, -0.2) is 35.6 Å². The topological polar surface area (TPSA) is 90.4 Å². The van der Waals surface area contributed by atoms with Gasteiger partial charge in [-0.1, -0.05) is 66.7 Å². The van der Waals surface area contributed by atoms with Crippen LogP contribution in [0.5, 0.6) is 5.75 Å². The molecule has 2 heterocycles. The summed E-state index contributed by atoms with van der Waals surface area (Å²) in [4.78, 5) is 35.0. The quantitative estimate of drug-likeness (QED) is 0.218. The van der Waals surface area contributed by atoms with Crippen LogP contribution >= 0.6 is 11.3 Å². The lowest BCUT2D eigenvalue weighted by Gasteiger charge is -2.11. The Bertz CT molecular complexity index is 1870. The standard InChI is InChI=1S/C32H23N3O4S/c1-38-24-14-13-21-15-23(12-11-22(21)16-24)28-17-26(25-9-5-6-10-27(25)33-28)31(37)39-18-30(36)35-32-34-29(19-40-32)20-7-3-2-4-8-20/h2-17,19H,18H2,1H3,(H,34,35,36). The average Bonchev–Trinajstić information content (AvgIpc) is 3.47. The molecule has 0 saturated carbocycles. The van der Waals surface area contributed by atoms with Crippen molar-refractivity contribution in [2.24, 2.45) is 0 Å². The molecular formula is C32H23N3O4S. The number of esters is 1. The van der Waals surface area contributed by atoms with Crippen molar-refractivity contribution < 1.29 is 19.1 Å². The number of pyridine rings is 1. The third kappa shape index (κ3) is 5.25. The summed E-state index contributed by atoms with van der Waals surface area (Å²) in [6.45, 7) is -0.442. The molecule has 0 bridgehead atoms. The molecule has 4 aromatic carbocycles. The van der Waals surface area contributed by atoms with E-state index in [1.165, 1.54) is 11.3 Å². The number of nitrogens with zero attached hydrogens (tertiary/aromatic N) is 2. The Kier molecular flexibility index (Phi) is 6.91. The molecule has 6 aromatic rings. The number of hydrogen-bond acceptors (Lipinski definition) is 7. The molecule has 1 N–H and O–H groups in total. The first-order valence-electron chi connectivity index (χ1n) is 12.5. The number of methoxy groups -OCH3 is 1. The SMILES string of the molecule is COc1ccc2cc(-c3cc(C(=O)OCC(=O)Nc4nc(-c5ccccc5)cs4)c4ccccc4n3)ccc2c1. The zero-order valence-electron chi connectivity index (χ0n) is 21.5. The van der Waals surface area contributed by atoms with E-state index < -0.39 is 18.5 Å². The number of aromatic nitrogens is 2. The van der Waals surface area contributed by atoms with E-state index in [-0.39, 0.29) is 0 Å². The van der Waals surface area contributed by atoms with Crippen LogP contribution in [0.1, 0.15) is 10.4 Å². The van der Waals surface area contributed by atoms with E-state index in [0.29, 0.717) is 27.3 Å². The van der Waals surface area contributed by atoms with Gasteiger partial charge in [-0.25, -0.2) is 14.8 Å². The lowest BCUT2D eigenvalue weighted by atomic mass is 10.0. The van der Waals surface area contributed by atoms with Crippen LogP contribution in [0.4, 0.5) is 5.13 Å². The normalized spacial score (nSPS) is 10.9. The van der Waals surface area contributed by atoms with Gasteiger partial charge in [0, 0.05) is 21.9 Å². The summed E-state index contributed by atoms with van der Waals surface area (Å²) in [7, 11) is 1.64. The summed E-state index contributed by atoms with van der Waals surface area (Å²) in [6, 6.07) is 30.6. The minimum absolute atomic E-state index is 0.337. The van der Waals surface area contributed by atoms with Gasteiger partial charge >= 0.3 is 5.97 Å². The van der Waals surface area contributed by atoms with E-state index in [4.69, 9.17) is 14.5 Å². The van der Waals surface area contributed by atoms with Gasteiger partial charge in [-0.15, -0.1) is 11.3 Å². The minimum atomic E-state index is -0.607. The van der Waals surface area contributed by atoms with Gasteiger partial charge in [0.05, 0.1) is 29.6 Å². The molecule has 1 amide bonds. The van der Waals surface area contributed by atoms with Gasteiger partial charge in [0.25, 0.3) is 5.91 Å². The van der Waals surface area contributed by atoms with E-state index in [1.807, 2.05) is 96.4 Å². The number of fused-ring (bicyclic) bond motifs is 2. The fraction of sp³-hybridized carbons (Fsp3) is 0.0625. The Morgan fingerprint density at radius 2 is 1.57 bits per heavy atom. The molecule has 0 atom stereocenters. The molecule has 40 heavy (non-hydrogen) atoms. The number of para-hydroxylation sites is 1. The molecule has 0 aliphatic rings. The van der Waals surface area contributed by atoms with Crippen molar-refractivity contribution in [1.29, 1.82) is 0 Å². The summed E-state index contributed by atoms with van der Waals surface area (Å²) < 4.78 is 10.8. The molecule has 6 rings (SSSR count). The lowest BCUT2D eigenvalue weighted by molar-refractivity contribution is -0.119. The number of ether oxygens (including phenoxy) is 2. The smallest absolute Gasteiger partial charge is 0.339 e. The number of thiazole rings is 1. The minimum Gasteiger partial charge on any atom is -0.497 e. The first-order valence-corrected chi connectivity index (χ1v) is 13.4. The van der Waals surface area contributed by atoms with Crippen molar-refractivity contribution in [3.05, 3.63) is 108 Å². The maximum absolute atomic E-state index is 13.2. The predicted molar refractivity (Wildman–Crippen MR) is 158 cm³/mol. The number of benzene rings is 4. The van der Waals surface area contributed by atoms with Gasteiger partial charge in [-0.05, 0) is 41.1 Å². The van der Waals surface area contributed by atoms with Crippen molar-refractivity contribution in [3.8, 4) is 28.3 Å². The lowest BCUT2D eigenvalue weighted by Crippen LogP contribution is -2.21. The maximum Gasteiger partial charge on any atom is 0.339 e. The Morgan fingerprint density at radius 3 is 2.42 bits per heavy atom. The van der Waals surface area contributed by atoms with Crippen LogP contribution in [0.25, 0.3) is 44.2 Å². The van der Waals surface area contributed by atoms with Crippen molar-refractivity contribution in [2.75, 3.05) is 19.0 Å². The highest BCUT2D eigenvalue weighted by Crippen LogP contribution is 2.30. The Labute approximate surface area is 234 Å². The maximum atomic E-state index is 13.2. The van der Waals surface area contributed by atoms with Gasteiger partial charge in [0.1, 0.15) is 5.75 Å². The Morgan fingerprint density at radius 1 is 0.800 bits per heavy atom. The highest BCUT2D eigenvalue weighted by Gasteiger charge is 2.17. The molecule has 7 nitrogen and oxygen atoms in total. The third-order valence-electron chi connectivity index (χ3n) is 6.43. The molecule has 0 spiro atoms. The second-order valence-electron chi connectivity index (χ2n) is 9.03. The molecule has 0 radical (unpaired) electrons. The second kappa shape index (κ2) is 11.0. The number of nitrogens with one attached hydrogen (secondary N) is 1. The summed E-state index contributed by atoms with van der Waals surface area (Å²) in [5, 5.41) is 7.71. The van der Waals surface area contributed by atoms with E-state index in [9.17, 15) is 9.59 Å². The van der Waals surface area contributed by atoms with Gasteiger partial charge < -0.3 is 9.47 Å². The fourth-order valence-corrected chi connectivity index (χ4v) is 5.18. The molecular weight excluding hydrogens is 522 g/mol. The fourth-order valence-electron chi connectivity index (χ4n) is 4.44. The molecule has 2 aromatic heterocycles. The van der Waals surface area contributed by atoms with E-state index >= 15 is 0 Å². The number of hydrogen-bond donors (Lipinski definition) is 1. The molecule has 196 valence electrons. The van der Waals surface area contributed by atoms with Crippen LogP contribution in [0, 0.1) is 0 Å². The van der Waals surface area contributed by atoms with Crippen molar-refractivity contribution in [1.82, 2.24) is 9.97 Å². The third-order valence-corrected chi connectivity index (χ3v) is 7.19. The molecule has 0 aliphatic carbocycles. The van der Waals surface area contributed by atoms with Crippen LogP contribution in [-0.2, 0) is 9.53 Å². The molecule has 0 unspecified atom stereocenters. The summed E-state index contributed by atoms with van der Waals surface area (Å²) >= 11 is 1.31. The monoisotopic (exact) mass is 545 g/mol. The number of rotatable bonds is 7. The first kappa shape index (κ1) is 25.2. The van der Waals surface area contributed by atoms with Crippen LogP contribution in [0.2, 0.25) is 0 Å². The number of carbonyl (C=O) groups excluding carboxylic acids is 2. The molecule has 0 aliphatic heterocycles. The predicted octanol–water partition coefficient (Wildman–Crippen LogP) is 6.98. The van der Waals surface area contributed by atoms with E-state index in [2.05, 4.69) is 10.3 Å². The molecule has 0 saturated heterocycles. The Hall–Kier alpha value is -5.08. The van der Waals surface area contributed by atoms with Crippen molar-refractivity contribution in [2.45, 2.75) is 0 Å². The zero-order valence-corrected chi connectivity index (χ0v) is 22.3. The zero-order chi connectivity index (χ0) is 27.5. The highest BCUT2D eigenvalue weighted by molar-refractivity contribution is 7.14. The highest BCUT2D eigenvalue weighted by atomic mass is 32.1. The van der Waals surface area contributed by atoms with Crippen LogP contribution in [0.15, 0.2) is 102 Å². The van der Waals surface area contributed by atoms with Crippen molar-refractivity contribution >= 4 is 50.0 Å².